The van der Waals surface area contributed by atoms with E-state index in [1.54, 1.807) is 0 Å². The van der Waals surface area contributed by atoms with Crippen LogP contribution in [0.25, 0.3) is 0 Å². The molecule has 4 nitrogen and oxygen atoms in total. The minimum Gasteiger partial charge on any atom is -0.378 e. The first-order valence-corrected chi connectivity index (χ1v) is 8.33. The first-order chi connectivity index (χ1) is 9.99. The van der Waals surface area contributed by atoms with Gasteiger partial charge in [0, 0.05) is 28.8 Å². The summed E-state index contributed by atoms with van der Waals surface area (Å²) in [5.74, 6) is 0.326. The molecule has 2 aliphatic rings. The van der Waals surface area contributed by atoms with Crippen LogP contribution in [0.4, 0.5) is 11.4 Å². The van der Waals surface area contributed by atoms with E-state index in [1.165, 1.54) is 25.7 Å². The monoisotopic (exact) mass is 352 g/mol. The van der Waals surface area contributed by atoms with Gasteiger partial charge in [0.05, 0.1) is 5.69 Å². The fourth-order valence-electron chi connectivity index (χ4n) is 3.58. The van der Waals surface area contributed by atoms with E-state index in [1.807, 2.05) is 12.1 Å². The summed E-state index contributed by atoms with van der Waals surface area (Å²) in [5, 5.41) is 12.6. The number of benzene rings is 1. The number of nitrogens with one attached hydrogen (secondary N) is 1. The minimum absolute atomic E-state index is 0.345. The number of hydrogen-bond acceptors (Lipinski definition) is 3. The predicted octanol–water partition coefficient (Wildman–Crippen LogP) is 3.45. The Morgan fingerprint density at radius 1 is 1.33 bits per heavy atom. The number of rotatable bonds is 2. The molecule has 0 spiro atoms. The van der Waals surface area contributed by atoms with Crippen LogP contribution in [0.2, 0.25) is 0 Å². The third-order valence-corrected chi connectivity index (χ3v) is 5.50. The van der Waals surface area contributed by atoms with Crippen molar-refractivity contribution >= 4 is 33.2 Å². The van der Waals surface area contributed by atoms with Crippen molar-refractivity contribution in [3.63, 3.8) is 0 Å². The maximum atomic E-state index is 11.6. The van der Waals surface area contributed by atoms with E-state index in [0.717, 1.165) is 15.8 Å². The second-order valence-electron chi connectivity index (χ2n) is 6.22. The lowest BCUT2D eigenvalue weighted by molar-refractivity contribution is -0.123. The molecule has 5 heteroatoms. The number of carbonyl (C=O) groups excluding carboxylic acids is 1. The summed E-state index contributed by atoms with van der Waals surface area (Å²) >= 11 is 3.59. The molecule has 1 aliphatic heterocycles. The zero-order valence-corrected chi connectivity index (χ0v) is 14.0. The Bertz CT molecular complexity index is 576. The van der Waals surface area contributed by atoms with Crippen LogP contribution in [0, 0.1) is 5.92 Å². The number of halogens is 1. The van der Waals surface area contributed by atoms with Crippen LogP contribution in [0.5, 0.6) is 0 Å². The van der Waals surface area contributed by atoms with Crippen molar-refractivity contribution < 1.29 is 9.90 Å². The van der Waals surface area contributed by atoms with Gasteiger partial charge < -0.3 is 15.3 Å². The summed E-state index contributed by atoms with van der Waals surface area (Å²) < 4.78 is 0.928. The quantitative estimate of drug-likeness (QED) is 0.856. The standard InChI is InChI=1S/C16H21BrN2O2/c1-9-5-3-4-6-13(9)19(2)14-8-12-10(7-11(14)17)15(20)16(21)18-12/h7-9,13,15,20H,3-6H2,1-2H3,(H,18,21). The molecule has 21 heavy (non-hydrogen) atoms. The van der Waals surface area contributed by atoms with Crippen molar-refractivity contribution in [1.29, 1.82) is 0 Å². The van der Waals surface area contributed by atoms with Gasteiger partial charge in [-0.15, -0.1) is 0 Å². The van der Waals surface area contributed by atoms with Gasteiger partial charge >= 0.3 is 0 Å². The normalized spacial score (nSPS) is 28.2. The van der Waals surface area contributed by atoms with Crippen molar-refractivity contribution in [2.24, 2.45) is 5.92 Å². The van der Waals surface area contributed by atoms with Gasteiger partial charge in [-0.3, -0.25) is 4.79 Å². The molecule has 1 aromatic carbocycles. The third kappa shape index (κ3) is 2.57. The number of hydrogen-bond donors (Lipinski definition) is 2. The largest absolute Gasteiger partial charge is 0.378 e. The molecule has 0 aromatic heterocycles. The lowest BCUT2D eigenvalue weighted by atomic mass is 9.85. The van der Waals surface area contributed by atoms with Gasteiger partial charge in [0.15, 0.2) is 6.10 Å². The Kier molecular flexibility index (Phi) is 3.97. The zero-order valence-electron chi connectivity index (χ0n) is 12.4. The maximum Gasteiger partial charge on any atom is 0.257 e. The summed E-state index contributed by atoms with van der Waals surface area (Å²) in [5.41, 5.74) is 2.45. The number of amides is 1. The number of anilines is 2. The van der Waals surface area contributed by atoms with Crippen LogP contribution in [0.3, 0.4) is 0 Å². The second kappa shape index (κ2) is 5.61. The van der Waals surface area contributed by atoms with Crippen LogP contribution in [-0.4, -0.2) is 24.1 Å². The summed E-state index contributed by atoms with van der Waals surface area (Å²) in [6.45, 7) is 2.31. The van der Waals surface area contributed by atoms with Crippen LogP contribution < -0.4 is 10.2 Å². The average molecular weight is 353 g/mol. The summed E-state index contributed by atoms with van der Waals surface area (Å²) in [7, 11) is 2.12. The first kappa shape index (κ1) is 14.9. The van der Waals surface area contributed by atoms with Gasteiger partial charge in [0.25, 0.3) is 5.91 Å². The molecule has 3 rings (SSSR count). The van der Waals surface area contributed by atoms with Gasteiger partial charge in [-0.1, -0.05) is 19.8 Å². The fourth-order valence-corrected chi connectivity index (χ4v) is 4.22. The predicted molar refractivity (Wildman–Crippen MR) is 87.6 cm³/mol. The van der Waals surface area contributed by atoms with Gasteiger partial charge in [0.2, 0.25) is 0 Å². The van der Waals surface area contributed by atoms with Gasteiger partial charge in [-0.05, 0) is 46.8 Å². The van der Waals surface area contributed by atoms with Crippen LogP contribution in [0.1, 0.15) is 44.3 Å². The molecule has 3 atom stereocenters. The van der Waals surface area contributed by atoms with Crippen LogP contribution in [-0.2, 0) is 4.79 Å². The summed E-state index contributed by atoms with van der Waals surface area (Å²) in [6, 6.07) is 4.35. The molecule has 1 heterocycles. The molecule has 0 radical (unpaired) electrons. The van der Waals surface area contributed by atoms with E-state index >= 15 is 0 Å². The fraction of sp³-hybridized carbons (Fsp3) is 0.562. The topological polar surface area (TPSA) is 52.6 Å². The number of fused-ring (bicyclic) bond motifs is 1. The molecule has 1 fully saturated rings. The van der Waals surface area contributed by atoms with Crippen molar-refractivity contribution in [2.45, 2.75) is 44.8 Å². The van der Waals surface area contributed by atoms with Crippen LogP contribution in [0.15, 0.2) is 16.6 Å². The van der Waals surface area contributed by atoms with Crippen molar-refractivity contribution in [3.05, 3.63) is 22.2 Å². The Labute approximate surface area is 133 Å². The minimum atomic E-state index is -1.05. The third-order valence-electron chi connectivity index (χ3n) is 4.86. The molecule has 114 valence electrons. The highest BCUT2D eigenvalue weighted by Crippen LogP contribution is 2.41. The molecule has 1 amide bonds. The highest BCUT2D eigenvalue weighted by atomic mass is 79.9. The van der Waals surface area contributed by atoms with Crippen molar-refractivity contribution in [2.75, 3.05) is 17.3 Å². The lowest BCUT2D eigenvalue weighted by Crippen LogP contribution is -2.39. The first-order valence-electron chi connectivity index (χ1n) is 7.54. The number of nitrogens with zero attached hydrogens (tertiary/aromatic N) is 1. The molecular formula is C16H21BrN2O2. The average Bonchev–Trinajstić information content (AvgIpc) is 2.73. The Morgan fingerprint density at radius 2 is 2.05 bits per heavy atom. The highest BCUT2D eigenvalue weighted by molar-refractivity contribution is 9.10. The molecule has 0 saturated heterocycles. The van der Waals surface area contributed by atoms with E-state index in [2.05, 4.69) is 40.1 Å². The highest BCUT2D eigenvalue weighted by Gasteiger charge is 2.31. The lowest BCUT2D eigenvalue weighted by Gasteiger charge is -2.38. The number of aliphatic hydroxyl groups excluding tert-OH is 1. The summed E-state index contributed by atoms with van der Waals surface area (Å²) in [4.78, 5) is 13.9. The summed E-state index contributed by atoms with van der Waals surface area (Å²) in [6.07, 6.45) is 4.02. The second-order valence-corrected chi connectivity index (χ2v) is 7.08. The maximum absolute atomic E-state index is 11.6. The smallest absolute Gasteiger partial charge is 0.257 e. The van der Waals surface area contributed by atoms with E-state index in [9.17, 15) is 9.90 Å². The number of aliphatic hydroxyl groups is 1. The Morgan fingerprint density at radius 3 is 2.76 bits per heavy atom. The van der Waals surface area contributed by atoms with E-state index in [0.29, 0.717) is 17.5 Å². The molecule has 2 N–H and O–H groups in total. The van der Waals surface area contributed by atoms with E-state index < -0.39 is 6.10 Å². The molecular weight excluding hydrogens is 332 g/mol. The van der Waals surface area contributed by atoms with Crippen LogP contribution >= 0.6 is 15.9 Å². The molecule has 3 unspecified atom stereocenters. The van der Waals surface area contributed by atoms with Gasteiger partial charge in [0.1, 0.15) is 0 Å². The molecule has 1 saturated carbocycles. The SMILES string of the molecule is CC1CCCCC1N(C)c1cc2c(cc1Br)C(O)C(=O)N2. The Hall–Kier alpha value is -1.07. The van der Waals surface area contributed by atoms with Crippen molar-refractivity contribution in [3.8, 4) is 0 Å². The van der Waals surface area contributed by atoms with Gasteiger partial charge in [-0.2, -0.15) is 0 Å². The van der Waals surface area contributed by atoms with E-state index in [4.69, 9.17) is 0 Å². The number of carbonyl (C=O) groups is 1. The van der Waals surface area contributed by atoms with Gasteiger partial charge in [-0.25, -0.2) is 0 Å². The molecule has 1 aliphatic carbocycles. The molecule has 1 aromatic rings. The zero-order chi connectivity index (χ0) is 15.1. The molecule has 0 bridgehead atoms. The van der Waals surface area contributed by atoms with Crippen molar-refractivity contribution in [1.82, 2.24) is 0 Å². The Balaban J connectivity index is 1.92. The van der Waals surface area contributed by atoms with E-state index in [-0.39, 0.29) is 5.91 Å².